The van der Waals surface area contributed by atoms with E-state index in [2.05, 4.69) is 5.32 Å². The topological polar surface area (TPSA) is 88.1 Å². The van der Waals surface area contributed by atoms with Gasteiger partial charge >= 0.3 is 0 Å². The van der Waals surface area contributed by atoms with Crippen LogP contribution in [-0.4, -0.2) is 19.1 Å². The van der Waals surface area contributed by atoms with E-state index in [1.54, 1.807) is 0 Å². The van der Waals surface area contributed by atoms with Gasteiger partial charge in [0.05, 0.1) is 0 Å². The molecule has 5 nitrogen and oxygen atoms in total. The van der Waals surface area contributed by atoms with Crippen LogP contribution in [0.15, 0.2) is 24.3 Å². The van der Waals surface area contributed by atoms with Crippen molar-refractivity contribution in [1.82, 2.24) is 5.32 Å². The molecule has 0 unspecified atom stereocenters. The molecule has 96 valence electrons. The number of rotatable bonds is 8. The summed E-state index contributed by atoms with van der Waals surface area (Å²) in [4.78, 5) is 10.5. The number of amides is 1. The van der Waals surface area contributed by atoms with E-state index in [0.717, 1.165) is 25.1 Å². The Balaban J connectivity index is 2.22. The zero-order chi connectivity index (χ0) is 13.2. The standard InChI is InChI=1S/C13H17N3O2/c14-7-9-18-12-5-3-11(4-6-12)10-16-8-1-2-13(15)17/h3-6,16H,1-2,8-10H2,(H2,15,17). The van der Waals surface area contributed by atoms with Gasteiger partial charge in [-0.05, 0) is 30.7 Å². The van der Waals surface area contributed by atoms with Crippen molar-refractivity contribution in [2.75, 3.05) is 13.2 Å². The highest BCUT2D eigenvalue weighted by Crippen LogP contribution is 2.11. The summed E-state index contributed by atoms with van der Waals surface area (Å²) in [7, 11) is 0. The molecule has 5 heteroatoms. The van der Waals surface area contributed by atoms with Crippen LogP contribution >= 0.6 is 0 Å². The van der Waals surface area contributed by atoms with E-state index in [0.29, 0.717) is 12.2 Å². The maximum atomic E-state index is 10.5. The zero-order valence-electron chi connectivity index (χ0n) is 10.2. The monoisotopic (exact) mass is 247 g/mol. The Kier molecular flexibility index (Phi) is 6.30. The predicted octanol–water partition coefficient (Wildman–Crippen LogP) is 0.944. The van der Waals surface area contributed by atoms with Gasteiger partial charge in [-0.15, -0.1) is 0 Å². The van der Waals surface area contributed by atoms with E-state index in [1.165, 1.54) is 0 Å². The van der Waals surface area contributed by atoms with Crippen LogP contribution in [0.2, 0.25) is 0 Å². The quantitative estimate of drug-likeness (QED) is 0.669. The highest BCUT2D eigenvalue weighted by Gasteiger charge is 1.97. The average Bonchev–Trinajstić information content (AvgIpc) is 2.37. The minimum atomic E-state index is -0.268. The SMILES string of the molecule is N#CCOc1ccc(CNCCCC(N)=O)cc1. The van der Waals surface area contributed by atoms with Gasteiger partial charge in [0.15, 0.2) is 6.61 Å². The van der Waals surface area contributed by atoms with Crippen molar-refractivity contribution < 1.29 is 9.53 Å². The average molecular weight is 247 g/mol. The summed E-state index contributed by atoms with van der Waals surface area (Å²) in [5.41, 5.74) is 6.16. The number of hydrogen-bond acceptors (Lipinski definition) is 4. The van der Waals surface area contributed by atoms with Crippen LogP contribution in [0.3, 0.4) is 0 Å². The van der Waals surface area contributed by atoms with Gasteiger partial charge in [-0.25, -0.2) is 0 Å². The maximum absolute atomic E-state index is 10.5. The van der Waals surface area contributed by atoms with Gasteiger partial charge in [-0.3, -0.25) is 4.79 Å². The molecule has 0 bridgehead atoms. The van der Waals surface area contributed by atoms with Crippen LogP contribution in [-0.2, 0) is 11.3 Å². The Morgan fingerprint density at radius 3 is 2.72 bits per heavy atom. The van der Waals surface area contributed by atoms with Crippen LogP contribution in [0.5, 0.6) is 5.75 Å². The number of carbonyl (C=O) groups excluding carboxylic acids is 1. The van der Waals surface area contributed by atoms with Crippen molar-refractivity contribution >= 4 is 5.91 Å². The molecule has 1 aromatic carbocycles. The Bertz CT molecular complexity index is 409. The highest BCUT2D eigenvalue weighted by molar-refractivity contribution is 5.73. The van der Waals surface area contributed by atoms with Gasteiger partial charge in [0.1, 0.15) is 11.8 Å². The van der Waals surface area contributed by atoms with Crippen molar-refractivity contribution in [3.05, 3.63) is 29.8 Å². The lowest BCUT2D eigenvalue weighted by Gasteiger charge is -2.05. The second kappa shape index (κ2) is 8.09. The second-order valence-electron chi connectivity index (χ2n) is 3.84. The van der Waals surface area contributed by atoms with Crippen molar-refractivity contribution in [2.24, 2.45) is 5.73 Å². The van der Waals surface area contributed by atoms with Crippen LogP contribution in [0.25, 0.3) is 0 Å². The van der Waals surface area contributed by atoms with E-state index in [-0.39, 0.29) is 12.5 Å². The summed E-state index contributed by atoms with van der Waals surface area (Å²) in [6, 6.07) is 9.45. The molecule has 1 aromatic rings. The summed E-state index contributed by atoms with van der Waals surface area (Å²) >= 11 is 0. The minimum absolute atomic E-state index is 0.0602. The zero-order valence-corrected chi connectivity index (χ0v) is 10.2. The molecule has 0 saturated carbocycles. The number of hydrogen-bond donors (Lipinski definition) is 2. The number of benzene rings is 1. The lowest BCUT2D eigenvalue weighted by Crippen LogP contribution is -2.18. The van der Waals surface area contributed by atoms with Crippen molar-refractivity contribution in [3.63, 3.8) is 0 Å². The second-order valence-corrected chi connectivity index (χ2v) is 3.84. The fourth-order valence-electron chi connectivity index (χ4n) is 1.44. The predicted molar refractivity (Wildman–Crippen MR) is 67.7 cm³/mol. The number of ether oxygens (including phenoxy) is 1. The van der Waals surface area contributed by atoms with Crippen molar-refractivity contribution in [3.8, 4) is 11.8 Å². The first-order chi connectivity index (χ1) is 8.72. The first kappa shape index (κ1) is 14.0. The molecule has 0 heterocycles. The molecule has 0 radical (unpaired) electrons. The third kappa shape index (κ3) is 5.87. The smallest absolute Gasteiger partial charge is 0.217 e. The lowest BCUT2D eigenvalue weighted by atomic mass is 10.2. The van der Waals surface area contributed by atoms with Crippen LogP contribution in [0.4, 0.5) is 0 Å². The molecule has 0 spiro atoms. The number of nitrogens with zero attached hydrogens (tertiary/aromatic N) is 1. The molecular formula is C13H17N3O2. The molecule has 0 aromatic heterocycles. The van der Waals surface area contributed by atoms with Crippen molar-refractivity contribution in [1.29, 1.82) is 5.26 Å². The summed E-state index contributed by atoms with van der Waals surface area (Å²) in [5.74, 6) is 0.421. The van der Waals surface area contributed by atoms with Crippen LogP contribution in [0, 0.1) is 11.3 Å². The molecule has 1 rings (SSSR count). The van der Waals surface area contributed by atoms with Gasteiger partial charge in [0.25, 0.3) is 0 Å². The van der Waals surface area contributed by atoms with Crippen molar-refractivity contribution in [2.45, 2.75) is 19.4 Å². The van der Waals surface area contributed by atoms with Crippen LogP contribution in [0.1, 0.15) is 18.4 Å². The molecule has 0 fully saturated rings. The van der Waals surface area contributed by atoms with E-state index < -0.39 is 0 Å². The summed E-state index contributed by atoms with van der Waals surface area (Å²) < 4.78 is 5.15. The Morgan fingerprint density at radius 1 is 1.39 bits per heavy atom. The summed E-state index contributed by atoms with van der Waals surface area (Å²) in [6.07, 6.45) is 1.16. The fraction of sp³-hybridized carbons (Fsp3) is 0.385. The molecule has 0 aliphatic rings. The Morgan fingerprint density at radius 2 is 2.11 bits per heavy atom. The number of nitrogens with two attached hydrogens (primary N) is 1. The third-order valence-electron chi connectivity index (χ3n) is 2.33. The Labute approximate surface area is 107 Å². The van der Waals surface area contributed by atoms with E-state index in [1.807, 2.05) is 30.3 Å². The molecule has 18 heavy (non-hydrogen) atoms. The highest BCUT2D eigenvalue weighted by atomic mass is 16.5. The van der Waals surface area contributed by atoms with E-state index in [9.17, 15) is 4.79 Å². The first-order valence-corrected chi connectivity index (χ1v) is 5.80. The molecule has 1 amide bonds. The third-order valence-corrected chi connectivity index (χ3v) is 2.33. The van der Waals surface area contributed by atoms with E-state index in [4.69, 9.17) is 15.7 Å². The molecule has 3 N–H and O–H groups in total. The Hall–Kier alpha value is -2.06. The molecular weight excluding hydrogens is 230 g/mol. The number of nitrogens with one attached hydrogen (secondary N) is 1. The maximum Gasteiger partial charge on any atom is 0.217 e. The largest absolute Gasteiger partial charge is 0.479 e. The van der Waals surface area contributed by atoms with Gasteiger partial charge in [0.2, 0.25) is 5.91 Å². The number of nitriles is 1. The molecule has 0 aliphatic heterocycles. The molecule has 0 atom stereocenters. The van der Waals surface area contributed by atoms with E-state index >= 15 is 0 Å². The molecule has 0 aliphatic carbocycles. The molecule has 0 saturated heterocycles. The van der Waals surface area contributed by atoms with Crippen LogP contribution < -0.4 is 15.8 Å². The van der Waals surface area contributed by atoms with Gasteiger partial charge < -0.3 is 15.8 Å². The normalized spacial score (nSPS) is 9.72. The van der Waals surface area contributed by atoms with Gasteiger partial charge in [0, 0.05) is 13.0 Å². The first-order valence-electron chi connectivity index (χ1n) is 5.80. The summed E-state index contributed by atoms with van der Waals surface area (Å²) in [5, 5.41) is 11.6. The number of carbonyl (C=O) groups is 1. The van der Waals surface area contributed by atoms with Gasteiger partial charge in [-0.2, -0.15) is 5.26 Å². The summed E-state index contributed by atoms with van der Waals surface area (Å²) in [6.45, 7) is 1.55. The number of primary amides is 1. The fourth-order valence-corrected chi connectivity index (χ4v) is 1.44. The van der Waals surface area contributed by atoms with Gasteiger partial charge in [-0.1, -0.05) is 12.1 Å². The minimum Gasteiger partial charge on any atom is -0.479 e. The lowest BCUT2D eigenvalue weighted by molar-refractivity contribution is -0.118.